The van der Waals surface area contributed by atoms with Crippen LogP contribution in [0.25, 0.3) is 0 Å². The van der Waals surface area contributed by atoms with Crippen LogP contribution < -0.4 is 0 Å². The average molecular weight is 143 g/mol. The normalized spacial score (nSPS) is 12.2. The van der Waals surface area contributed by atoms with Crippen molar-refractivity contribution in [2.75, 3.05) is 6.61 Å². The Kier molecular flexibility index (Phi) is 4.58. The summed E-state index contributed by atoms with van der Waals surface area (Å²) in [6.45, 7) is 6.61. The molecule has 0 amide bonds. The lowest BCUT2D eigenvalue weighted by atomic mass is 10.3. The molecule has 0 fully saturated rings. The summed E-state index contributed by atoms with van der Waals surface area (Å²) in [6, 6.07) is 0. The molecule has 0 rings (SSSR count). The Bertz CT molecular complexity index is 120. The average Bonchev–Trinajstić information content (AvgIpc) is 1.99. The van der Waals surface area contributed by atoms with Crippen LogP contribution in [0.3, 0.4) is 0 Å². The molecule has 10 heavy (non-hydrogen) atoms. The van der Waals surface area contributed by atoms with Gasteiger partial charge in [0.15, 0.2) is 0 Å². The predicted molar refractivity (Wildman–Crippen MR) is 37.1 cm³/mol. The third-order valence-corrected chi connectivity index (χ3v) is 0.918. The highest BCUT2D eigenvalue weighted by Crippen LogP contribution is 1.90. The maximum Gasteiger partial charge on any atom is 0.330 e. The Morgan fingerprint density at radius 2 is 2.40 bits per heavy atom. The molecule has 0 aliphatic rings. The number of aliphatic hydroxyl groups excluding tert-OH is 1. The van der Waals surface area contributed by atoms with E-state index in [1.165, 1.54) is 0 Å². The lowest BCUT2D eigenvalue weighted by molar-refractivity contribution is -0.140. The first kappa shape index (κ1) is 9.17. The van der Waals surface area contributed by atoms with Gasteiger partial charge in [-0.05, 0) is 6.42 Å². The van der Waals surface area contributed by atoms with Crippen LogP contribution in [0.15, 0.2) is 12.7 Å². The van der Waals surface area contributed by atoms with E-state index in [2.05, 4.69) is 18.2 Å². The van der Waals surface area contributed by atoms with E-state index in [4.69, 9.17) is 5.11 Å². The summed E-state index contributed by atoms with van der Waals surface area (Å²) in [4.78, 5) is 10.4. The molecule has 0 aliphatic heterocycles. The lowest BCUT2D eigenvalue weighted by Gasteiger charge is -2.05. The van der Waals surface area contributed by atoms with E-state index in [0.717, 1.165) is 6.08 Å². The number of hydrogen-bond donors (Lipinski definition) is 1. The van der Waals surface area contributed by atoms with Gasteiger partial charge in [-0.25, -0.2) is 4.79 Å². The van der Waals surface area contributed by atoms with Crippen molar-refractivity contribution in [1.82, 2.24) is 0 Å². The minimum absolute atomic E-state index is 0.00560. The molecular weight excluding hydrogens is 132 g/mol. The fraction of sp³-hybridized carbons (Fsp3) is 0.429. The van der Waals surface area contributed by atoms with Crippen LogP contribution in [0.5, 0.6) is 0 Å². The number of hydrogen-bond acceptors (Lipinski definition) is 3. The van der Waals surface area contributed by atoms with E-state index in [0.29, 0.717) is 6.42 Å². The summed E-state index contributed by atoms with van der Waals surface area (Å²) < 4.78 is 4.50. The highest BCUT2D eigenvalue weighted by atomic mass is 16.5. The number of aliphatic hydroxyl groups is 1. The minimum Gasteiger partial charge on any atom is -0.460 e. The maximum atomic E-state index is 10.4. The van der Waals surface area contributed by atoms with Crippen LogP contribution >= 0.6 is 0 Å². The van der Waals surface area contributed by atoms with Crippen molar-refractivity contribution in [3.63, 3.8) is 0 Å². The van der Waals surface area contributed by atoms with Crippen LogP contribution in [0.2, 0.25) is 0 Å². The predicted octanol–water partition coefficient (Wildman–Crippen LogP) is 0.301. The molecule has 0 saturated carbocycles. The summed E-state index contributed by atoms with van der Waals surface area (Å²) in [5.74, 6) is -0.521. The van der Waals surface area contributed by atoms with Gasteiger partial charge in [-0.15, -0.1) is 0 Å². The zero-order chi connectivity index (χ0) is 7.98. The first-order chi connectivity index (χ1) is 4.70. The number of carbonyl (C=O) groups excluding carboxylic acids is 1. The van der Waals surface area contributed by atoms with Crippen LogP contribution in [-0.4, -0.2) is 23.8 Å². The molecule has 0 spiro atoms. The van der Waals surface area contributed by atoms with E-state index >= 15 is 0 Å². The van der Waals surface area contributed by atoms with Gasteiger partial charge >= 0.3 is 5.97 Å². The van der Waals surface area contributed by atoms with Crippen molar-refractivity contribution in [3.05, 3.63) is 19.6 Å². The SMILES string of the molecule is [CH2]CC(O)COC(=O)C=C. The van der Waals surface area contributed by atoms with Gasteiger partial charge in [-0.1, -0.05) is 13.5 Å². The molecule has 0 bridgehead atoms. The van der Waals surface area contributed by atoms with E-state index in [9.17, 15) is 4.79 Å². The van der Waals surface area contributed by atoms with E-state index in [1.54, 1.807) is 0 Å². The van der Waals surface area contributed by atoms with Crippen molar-refractivity contribution in [3.8, 4) is 0 Å². The van der Waals surface area contributed by atoms with E-state index < -0.39 is 12.1 Å². The van der Waals surface area contributed by atoms with Crippen LogP contribution in [-0.2, 0) is 9.53 Å². The van der Waals surface area contributed by atoms with Gasteiger partial charge in [-0.2, -0.15) is 0 Å². The minimum atomic E-state index is -0.663. The second-order valence-electron chi connectivity index (χ2n) is 1.78. The molecule has 0 heterocycles. The fourth-order valence-corrected chi connectivity index (χ4v) is 0.321. The maximum absolute atomic E-state index is 10.4. The molecule has 3 heteroatoms. The standard InChI is InChI=1S/C7H11O3/c1-3-6(8)5-10-7(9)4-2/h4,6,8H,1-3,5H2. The molecule has 3 nitrogen and oxygen atoms in total. The van der Waals surface area contributed by atoms with Crippen molar-refractivity contribution in [1.29, 1.82) is 0 Å². The first-order valence-corrected chi connectivity index (χ1v) is 2.97. The molecule has 0 aromatic heterocycles. The number of esters is 1. The molecule has 0 saturated heterocycles. The largest absolute Gasteiger partial charge is 0.460 e. The summed E-state index contributed by atoms with van der Waals surface area (Å²) in [6.07, 6.45) is 0.726. The zero-order valence-electron chi connectivity index (χ0n) is 5.75. The van der Waals surface area contributed by atoms with E-state index in [1.807, 2.05) is 0 Å². The number of ether oxygens (including phenoxy) is 1. The van der Waals surface area contributed by atoms with Gasteiger partial charge in [0.2, 0.25) is 0 Å². The molecule has 1 atom stereocenters. The summed E-state index contributed by atoms with van der Waals surface area (Å²) in [5, 5.41) is 8.83. The first-order valence-electron chi connectivity index (χ1n) is 2.97. The summed E-state index contributed by atoms with van der Waals surface area (Å²) in [5.41, 5.74) is 0. The van der Waals surface area contributed by atoms with Gasteiger partial charge < -0.3 is 9.84 Å². The molecule has 0 aromatic rings. The van der Waals surface area contributed by atoms with Gasteiger partial charge in [0.05, 0.1) is 6.10 Å². The van der Waals surface area contributed by atoms with Gasteiger partial charge in [0, 0.05) is 6.08 Å². The Hall–Kier alpha value is -0.830. The molecule has 0 aliphatic carbocycles. The Balaban J connectivity index is 3.34. The number of rotatable bonds is 4. The number of carbonyl (C=O) groups is 1. The smallest absolute Gasteiger partial charge is 0.330 e. The van der Waals surface area contributed by atoms with Crippen molar-refractivity contribution < 1.29 is 14.6 Å². The van der Waals surface area contributed by atoms with Gasteiger partial charge in [-0.3, -0.25) is 0 Å². The zero-order valence-corrected chi connectivity index (χ0v) is 5.75. The Morgan fingerprint density at radius 3 is 2.80 bits per heavy atom. The topological polar surface area (TPSA) is 46.5 Å². The summed E-state index contributed by atoms with van der Waals surface area (Å²) in [7, 11) is 0. The lowest BCUT2D eigenvalue weighted by Crippen LogP contribution is -2.16. The van der Waals surface area contributed by atoms with Crippen molar-refractivity contribution >= 4 is 5.97 Å². The monoisotopic (exact) mass is 143 g/mol. The van der Waals surface area contributed by atoms with Crippen LogP contribution in [0.1, 0.15) is 6.42 Å². The van der Waals surface area contributed by atoms with Gasteiger partial charge in [0.25, 0.3) is 0 Å². The second kappa shape index (κ2) is 4.99. The molecular formula is C7H11O3. The summed E-state index contributed by atoms with van der Waals surface area (Å²) >= 11 is 0. The highest BCUT2D eigenvalue weighted by molar-refractivity contribution is 5.81. The fourth-order valence-electron chi connectivity index (χ4n) is 0.321. The third-order valence-electron chi connectivity index (χ3n) is 0.918. The highest BCUT2D eigenvalue weighted by Gasteiger charge is 2.02. The Morgan fingerprint density at radius 1 is 1.80 bits per heavy atom. The second-order valence-corrected chi connectivity index (χ2v) is 1.78. The van der Waals surface area contributed by atoms with Crippen LogP contribution in [0.4, 0.5) is 0 Å². The quantitative estimate of drug-likeness (QED) is 0.455. The van der Waals surface area contributed by atoms with Crippen molar-refractivity contribution in [2.45, 2.75) is 12.5 Å². The molecule has 1 radical (unpaired) electrons. The molecule has 0 aromatic carbocycles. The molecule has 1 N–H and O–H groups in total. The third kappa shape index (κ3) is 4.09. The van der Waals surface area contributed by atoms with Gasteiger partial charge in [0.1, 0.15) is 6.61 Å². The van der Waals surface area contributed by atoms with Crippen molar-refractivity contribution in [2.24, 2.45) is 0 Å². The molecule has 1 unspecified atom stereocenters. The van der Waals surface area contributed by atoms with E-state index in [-0.39, 0.29) is 6.61 Å². The van der Waals surface area contributed by atoms with Crippen LogP contribution in [0, 0.1) is 6.92 Å². The molecule has 57 valence electrons. The Labute approximate surface area is 60.3 Å².